The molecule has 3 aliphatic heterocycles. The van der Waals surface area contributed by atoms with Gasteiger partial charge in [0.15, 0.2) is 12.6 Å². The van der Waals surface area contributed by atoms with Crippen LogP contribution in [-0.4, -0.2) is 119 Å². The lowest BCUT2D eigenvalue weighted by molar-refractivity contribution is -0.345. The highest BCUT2D eigenvalue weighted by molar-refractivity contribution is 5.85. The molecule has 0 bridgehead atoms. The minimum Gasteiger partial charge on any atom is -0.458 e. The summed E-state index contributed by atoms with van der Waals surface area (Å²) in [4.78, 5) is 11.9. The summed E-state index contributed by atoms with van der Waals surface area (Å²) < 4.78 is 35.6. The van der Waals surface area contributed by atoms with Crippen LogP contribution in [0.1, 0.15) is 85.0 Å². The van der Waals surface area contributed by atoms with Crippen molar-refractivity contribution in [2.45, 2.75) is 152 Å². The molecule has 0 aromatic heterocycles. The lowest BCUT2D eigenvalue weighted by Gasteiger charge is -2.64. The monoisotopic (exact) mass is 680 g/mol. The number of rotatable bonds is 7. The van der Waals surface area contributed by atoms with Crippen LogP contribution in [0.25, 0.3) is 0 Å². The highest BCUT2D eigenvalue weighted by atomic mass is 16.7. The maximum atomic E-state index is 12.5. The molecule has 6 fully saturated rings. The molecule has 2 unspecified atom stereocenters. The van der Waals surface area contributed by atoms with Gasteiger partial charge in [0.05, 0.1) is 30.5 Å². The fourth-order valence-electron chi connectivity index (χ4n) is 11.6. The Hall–Kier alpha value is -1.19. The van der Waals surface area contributed by atoms with E-state index in [2.05, 4.69) is 13.8 Å². The first-order valence-electron chi connectivity index (χ1n) is 18.2. The second-order valence-corrected chi connectivity index (χ2v) is 16.4. The largest absolute Gasteiger partial charge is 0.458 e. The molecule has 0 amide bonds. The molecule has 12 heteroatoms. The van der Waals surface area contributed by atoms with Crippen LogP contribution in [0.5, 0.6) is 0 Å². The Morgan fingerprint density at radius 3 is 2.42 bits per heavy atom. The van der Waals surface area contributed by atoms with Gasteiger partial charge in [-0.05, 0) is 99.4 Å². The number of hydrogen-bond donors (Lipinski definition) is 5. The van der Waals surface area contributed by atoms with Gasteiger partial charge in [0.25, 0.3) is 0 Å². The van der Waals surface area contributed by atoms with Crippen molar-refractivity contribution in [1.29, 1.82) is 0 Å². The van der Waals surface area contributed by atoms with Crippen LogP contribution in [0.4, 0.5) is 0 Å². The van der Waals surface area contributed by atoms with E-state index in [1.807, 2.05) is 6.92 Å². The van der Waals surface area contributed by atoms with Crippen molar-refractivity contribution in [1.82, 2.24) is 0 Å². The quantitative estimate of drug-likeness (QED) is 0.196. The lowest BCUT2D eigenvalue weighted by Crippen LogP contribution is -2.62. The van der Waals surface area contributed by atoms with E-state index >= 15 is 0 Å². The molecular formula is C36H56O12. The first-order valence-corrected chi connectivity index (χ1v) is 18.2. The molecule has 4 saturated carbocycles. The summed E-state index contributed by atoms with van der Waals surface area (Å²) in [5, 5.41) is 52.9. The van der Waals surface area contributed by atoms with E-state index in [0.717, 1.165) is 63.4 Å². The minimum absolute atomic E-state index is 0.0388. The maximum Gasteiger partial charge on any atom is 0.331 e. The predicted molar refractivity (Wildman–Crippen MR) is 169 cm³/mol. The van der Waals surface area contributed by atoms with Gasteiger partial charge in [-0.15, -0.1) is 0 Å². The SMILES string of the molecule is CO[C@@H]1CC(O[C@H]2CC[C@@]3(C)C(CC[C@@H]4[C@@H]3CC[C@]3(C)[C@@H](C5=CC(=O)OC5)CC[C@]43O)C2)O[C@H](C)[C@@H]1O[C@@H]1O[C@H](CO)[C@@H](O)[C@H](O)[C@H]1O. The van der Waals surface area contributed by atoms with Crippen molar-refractivity contribution in [3.63, 3.8) is 0 Å². The van der Waals surface area contributed by atoms with Crippen LogP contribution in [0.15, 0.2) is 11.6 Å². The second-order valence-electron chi connectivity index (χ2n) is 16.4. The fraction of sp³-hybridized carbons (Fsp3) is 0.917. The van der Waals surface area contributed by atoms with Crippen LogP contribution < -0.4 is 0 Å². The molecule has 17 atom stereocenters. The highest BCUT2D eigenvalue weighted by Gasteiger charge is 2.67. The number of carbonyl (C=O) groups is 1. The molecule has 0 aromatic carbocycles. The van der Waals surface area contributed by atoms with Crippen molar-refractivity contribution in [2.75, 3.05) is 20.3 Å². The fourth-order valence-corrected chi connectivity index (χ4v) is 11.6. The van der Waals surface area contributed by atoms with E-state index in [1.54, 1.807) is 13.2 Å². The molecule has 272 valence electrons. The topological polar surface area (TPSA) is 174 Å². The van der Waals surface area contributed by atoms with E-state index in [9.17, 15) is 30.3 Å². The third-order valence-electron chi connectivity index (χ3n) is 14.3. The Morgan fingerprint density at radius 1 is 0.917 bits per heavy atom. The van der Waals surface area contributed by atoms with Crippen molar-refractivity contribution in [3.05, 3.63) is 11.6 Å². The smallest absolute Gasteiger partial charge is 0.331 e. The highest BCUT2D eigenvalue weighted by Crippen LogP contribution is 2.70. The number of cyclic esters (lactones) is 1. The van der Waals surface area contributed by atoms with Gasteiger partial charge in [-0.2, -0.15) is 0 Å². The Labute approximate surface area is 283 Å². The number of aliphatic hydroxyl groups is 5. The molecule has 48 heavy (non-hydrogen) atoms. The molecule has 7 rings (SSSR count). The maximum absolute atomic E-state index is 12.5. The van der Waals surface area contributed by atoms with Crippen LogP contribution in [-0.2, 0) is 33.2 Å². The summed E-state index contributed by atoms with van der Waals surface area (Å²) in [6, 6.07) is 0. The average molecular weight is 681 g/mol. The summed E-state index contributed by atoms with van der Waals surface area (Å²) in [6.45, 7) is 6.40. The van der Waals surface area contributed by atoms with E-state index < -0.39 is 67.5 Å². The first kappa shape index (κ1) is 35.2. The molecule has 0 spiro atoms. The second kappa shape index (κ2) is 13.1. The molecule has 7 aliphatic rings. The minimum atomic E-state index is -1.53. The van der Waals surface area contributed by atoms with E-state index in [1.165, 1.54) is 0 Å². The number of fused-ring (bicyclic) bond motifs is 5. The molecule has 4 aliphatic carbocycles. The number of carbonyl (C=O) groups excluding carboxylic acids is 1. The van der Waals surface area contributed by atoms with Crippen molar-refractivity contribution < 1.29 is 58.7 Å². The summed E-state index contributed by atoms with van der Waals surface area (Å²) >= 11 is 0. The van der Waals surface area contributed by atoms with Gasteiger partial charge in [0.2, 0.25) is 0 Å². The molecule has 0 aromatic rings. The van der Waals surface area contributed by atoms with Crippen LogP contribution in [0.2, 0.25) is 0 Å². The Balaban J connectivity index is 0.971. The molecule has 3 heterocycles. The Bertz CT molecular complexity index is 1230. The summed E-state index contributed by atoms with van der Waals surface area (Å²) in [5.74, 6) is 1.14. The molecule has 5 N–H and O–H groups in total. The predicted octanol–water partition coefficient (Wildman–Crippen LogP) is 1.96. The molecular weight excluding hydrogens is 624 g/mol. The number of aliphatic hydroxyl groups excluding tert-OH is 4. The third-order valence-corrected chi connectivity index (χ3v) is 14.3. The standard InChI is InChI=1S/C36H56O12/c1-18-32(48-33-31(41)30(40)29(39)26(16-37)47-33)25(43-4)15-28(45-18)46-21-7-10-34(2)20(14-21)5-6-24-23(34)8-11-35(3)22(9-12-36(24,35)42)19-13-27(38)44-17-19/h13,18,20-26,28-33,37,39-42H,5-12,14-17H2,1-4H3/t18-,20?,21+,22-,23+,24-,25-,26-,28?,29-,30+,31-,32+,33+,34+,35-,36+/m1/s1. The normalized spacial score (nSPS) is 53.8. The van der Waals surface area contributed by atoms with Gasteiger partial charge in [0, 0.05) is 25.0 Å². The zero-order chi connectivity index (χ0) is 34.2. The van der Waals surface area contributed by atoms with Crippen LogP contribution >= 0.6 is 0 Å². The van der Waals surface area contributed by atoms with E-state index in [4.69, 9.17) is 28.4 Å². The number of ether oxygens (including phenoxy) is 6. The van der Waals surface area contributed by atoms with E-state index in [-0.39, 0.29) is 34.7 Å². The van der Waals surface area contributed by atoms with E-state index in [0.29, 0.717) is 24.9 Å². The van der Waals surface area contributed by atoms with Gasteiger partial charge >= 0.3 is 5.97 Å². The zero-order valence-electron chi connectivity index (χ0n) is 28.7. The van der Waals surface area contributed by atoms with Gasteiger partial charge < -0.3 is 54.0 Å². The van der Waals surface area contributed by atoms with Gasteiger partial charge in [0.1, 0.15) is 37.1 Å². The Morgan fingerprint density at radius 2 is 1.71 bits per heavy atom. The van der Waals surface area contributed by atoms with Gasteiger partial charge in [-0.3, -0.25) is 0 Å². The van der Waals surface area contributed by atoms with Gasteiger partial charge in [-0.1, -0.05) is 13.8 Å². The third kappa shape index (κ3) is 5.61. The van der Waals surface area contributed by atoms with Crippen molar-refractivity contribution >= 4 is 5.97 Å². The van der Waals surface area contributed by atoms with Crippen molar-refractivity contribution in [2.24, 2.45) is 34.5 Å². The molecule has 2 saturated heterocycles. The summed E-state index contributed by atoms with van der Waals surface area (Å²) in [5.41, 5.74) is 0.221. The van der Waals surface area contributed by atoms with Crippen LogP contribution in [0.3, 0.4) is 0 Å². The summed E-state index contributed by atoms with van der Waals surface area (Å²) in [6.07, 6.45) is 1.91. The zero-order valence-corrected chi connectivity index (χ0v) is 28.7. The first-order chi connectivity index (χ1) is 22.8. The molecule has 12 nitrogen and oxygen atoms in total. The lowest BCUT2D eigenvalue weighted by atomic mass is 9.43. The van der Waals surface area contributed by atoms with Crippen molar-refractivity contribution in [3.8, 4) is 0 Å². The average Bonchev–Trinajstić information content (AvgIpc) is 3.61. The summed E-state index contributed by atoms with van der Waals surface area (Å²) in [7, 11) is 1.58. The number of esters is 1. The molecule has 0 radical (unpaired) electrons. The number of methoxy groups -OCH3 is 1. The Kier molecular flexibility index (Phi) is 9.61. The number of hydrogen-bond acceptors (Lipinski definition) is 12. The van der Waals surface area contributed by atoms with Gasteiger partial charge in [-0.25, -0.2) is 4.79 Å². The van der Waals surface area contributed by atoms with Crippen LogP contribution in [0, 0.1) is 34.5 Å².